The highest BCUT2D eigenvalue weighted by molar-refractivity contribution is 5.84. The number of carbonyl (C=O) groups is 2. The van der Waals surface area contributed by atoms with Crippen molar-refractivity contribution >= 4 is 11.8 Å². The summed E-state index contributed by atoms with van der Waals surface area (Å²) in [6.07, 6.45) is 7.58. The van der Waals surface area contributed by atoms with Crippen LogP contribution in [-0.2, 0) is 14.3 Å². The Morgan fingerprint density at radius 2 is 2.00 bits per heavy atom. The Kier molecular flexibility index (Phi) is 7.71. The first-order chi connectivity index (χ1) is 12.1. The lowest BCUT2D eigenvalue weighted by Gasteiger charge is -2.21. The van der Waals surface area contributed by atoms with Crippen molar-refractivity contribution in [3.05, 3.63) is 42.5 Å². The second-order valence-corrected chi connectivity index (χ2v) is 6.72. The fourth-order valence-corrected chi connectivity index (χ4v) is 3.38. The summed E-state index contributed by atoms with van der Waals surface area (Å²) in [5, 5.41) is 0. The van der Waals surface area contributed by atoms with Crippen molar-refractivity contribution in [1.82, 2.24) is 0 Å². The van der Waals surface area contributed by atoms with Crippen LogP contribution in [0.15, 0.2) is 42.5 Å². The van der Waals surface area contributed by atoms with E-state index in [4.69, 9.17) is 4.74 Å². The van der Waals surface area contributed by atoms with Gasteiger partial charge in [0, 0.05) is 24.7 Å². The summed E-state index contributed by atoms with van der Waals surface area (Å²) in [6.45, 7) is 2.72. The average Bonchev–Trinajstić information content (AvgIpc) is 2.89. The smallest absolute Gasteiger partial charge is 0.305 e. The Morgan fingerprint density at radius 1 is 1.24 bits per heavy atom. The van der Waals surface area contributed by atoms with Crippen molar-refractivity contribution in [3.8, 4) is 5.75 Å². The summed E-state index contributed by atoms with van der Waals surface area (Å²) in [7, 11) is 1.41. The van der Waals surface area contributed by atoms with Gasteiger partial charge >= 0.3 is 5.97 Å². The van der Waals surface area contributed by atoms with Crippen LogP contribution in [0.3, 0.4) is 0 Å². The second kappa shape index (κ2) is 10.0. The highest BCUT2D eigenvalue weighted by Crippen LogP contribution is 2.37. The van der Waals surface area contributed by atoms with Crippen LogP contribution in [0.1, 0.15) is 39.0 Å². The third-order valence-corrected chi connectivity index (χ3v) is 4.91. The van der Waals surface area contributed by atoms with E-state index in [1.54, 1.807) is 0 Å². The van der Waals surface area contributed by atoms with Crippen LogP contribution in [0.5, 0.6) is 5.75 Å². The molecule has 0 radical (unpaired) electrons. The molecule has 0 aliphatic heterocycles. The Hall–Kier alpha value is -2.10. The Balaban J connectivity index is 1.80. The largest absolute Gasteiger partial charge is 0.493 e. The van der Waals surface area contributed by atoms with Crippen molar-refractivity contribution in [3.63, 3.8) is 0 Å². The van der Waals surface area contributed by atoms with Crippen molar-refractivity contribution in [2.24, 2.45) is 17.8 Å². The third kappa shape index (κ3) is 6.04. The molecule has 1 aromatic rings. The normalized spacial score (nSPS) is 23.1. The summed E-state index contributed by atoms with van der Waals surface area (Å²) < 4.78 is 10.5. The minimum Gasteiger partial charge on any atom is -0.493 e. The number of rotatable bonds is 9. The van der Waals surface area contributed by atoms with E-state index in [9.17, 15) is 9.59 Å². The third-order valence-electron chi connectivity index (χ3n) is 4.91. The zero-order valence-corrected chi connectivity index (χ0v) is 15.1. The van der Waals surface area contributed by atoms with E-state index in [0.717, 1.165) is 25.0 Å². The molecule has 1 fully saturated rings. The summed E-state index contributed by atoms with van der Waals surface area (Å²) in [4.78, 5) is 23.4. The number of hydrogen-bond donors (Lipinski definition) is 0. The molecule has 0 unspecified atom stereocenters. The lowest BCUT2D eigenvalue weighted by atomic mass is 9.88. The van der Waals surface area contributed by atoms with Crippen LogP contribution in [0.2, 0.25) is 0 Å². The van der Waals surface area contributed by atoms with Crippen LogP contribution in [0.25, 0.3) is 0 Å². The summed E-state index contributed by atoms with van der Waals surface area (Å²) in [5.41, 5.74) is 0. The van der Waals surface area contributed by atoms with E-state index in [1.165, 1.54) is 7.11 Å². The fraction of sp³-hybridized carbons (Fsp3) is 0.524. The second-order valence-electron chi connectivity index (χ2n) is 6.72. The summed E-state index contributed by atoms with van der Waals surface area (Å²) >= 11 is 0. The molecular weight excluding hydrogens is 316 g/mol. The van der Waals surface area contributed by atoms with Gasteiger partial charge in [0.15, 0.2) is 0 Å². The van der Waals surface area contributed by atoms with Crippen molar-refractivity contribution in [2.75, 3.05) is 13.7 Å². The maximum atomic E-state index is 12.3. The van der Waals surface area contributed by atoms with Crippen LogP contribution < -0.4 is 4.74 Å². The minimum atomic E-state index is -0.175. The van der Waals surface area contributed by atoms with Gasteiger partial charge in [-0.3, -0.25) is 9.59 Å². The number of ether oxygens (including phenoxy) is 2. The molecule has 1 aromatic carbocycles. The SMILES string of the molecule is COC(=O)CCC/C=C\C[C@H]1C(=O)C[C@@H](C)[C@@H]1COc1ccccc1. The lowest BCUT2D eigenvalue weighted by molar-refractivity contribution is -0.140. The van der Waals surface area contributed by atoms with E-state index >= 15 is 0 Å². The van der Waals surface area contributed by atoms with Gasteiger partial charge in [-0.15, -0.1) is 0 Å². The molecule has 25 heavy (non-hydrogen) atoms. The first-order valence-corrected chi connectivity index (χ1v) is 9.04. The number of unbranched alkanes of at least 4 members (excludes halogenated alkanes) is 1. The van der Waals surface area contributed by atoms with Crippen molar-refractivity contribution < 1.29 is 19.1 Å². The molecule has 4 heteroatoms. The maximum absolute atomic E-state index is 12.3. The molecule has 1 saturated carbocycles. The van der Waals surface area contributed by atoms with Gasteiger partial charge in [0.05, 0.1) is 13.7 Å². The molecule has 0 amide bonds. The molecule has 0 N–H and O–H groups in total. The van der Waals surface area contributed by atoms with Crippen LogP contribution in [0.4, 0.5) is 0 Å². The van der Waals surface area contributed by atoms with E-state index < -0.39 is 0 Å². The first-order valence-electron chi connectivity index (χ1n) is 9.04. The summed E-state index contributed by atoms with van der Waals surface area (Å²) in [6, 6.07) is 9.75. The number of allylic oxidation sites excluding steroid dienone is 2. The Morgan fingerprint density at radius 3 is 2.72 bits per heavy atom. The van der Waals surface area contributed by atoms with Crippen molar-refractivity contribution in [1.29, 1.82) is 0 Å². The molecule has 1 aliphatic rings. The molecule has 0 spiro atoms. The number of benzene rings is 1. The monoisotopic (exact) mass is 344 g/mol. The zero-order valence-electron chi connectivity index (χ0n) is 15.1. The quantitative estimate of drug-likeness (QED) is 0.383. The molecule has 3 atom stereocenters. The molecule has 0 aromatic heterocycles. The molecular formula is C21H28O4. The van der Waals surface area contributed by atoms with Gasteiger partial charge in [-0.05, 0) is 37.3 Å². The first kappa shape index (κ1) is 19.2. The van der Waals surface area contributed by atoms with E-state index in [-0.39, 0.29) is 17.8 Å². The average molecular weight is 344 g/mol. The zero-order chi connectivity index (χ0) is 18.1. The molecule has 0 heterocycles. The predicted octanol–water partition coefficient (Wildman–Crippen LogP) is 4.20. The molecule has 136 valence electrons. The van der Waals surface area contributed by atoms with Crippen LogP contribution >= 0.6 is 0 Å². The van der Waals surface area contributed by atoms with Gasteiger partial charge in [0.25, 0.3) is 0 Å². The number of esters is 1. The van der Waals surface area contributed by atoms with E-state index in [1.807, 2.05) is 30.3 Å². The number of para-hydroxylation sites is 1. The molecule has 0 saturated heterocycles. The van der Waals surface area contributed by atoms with Gasteiger partial charge in [-0.2, -0.15) is 0 Å². The highest BCUT2D eigenvalue weighted by atomic mass is 16.5. The van der Waals surface area contributed by atoms with Gasteiger partial charge in [-0.1, -0.05) is 37.3 Å². The van der Waals surface area contributed by atoms with Gasteiger partial charge < -0.3 is 9.47 Å². The number of carbonyl (C=O) groups excluding carboxylic acids is 2. The topological polar surface area (TPSA) is 52.6 Å². The van der Waals surface area contributed by atoms with Gasteiger partial charge in [0.2, 0.25) is 0 Å². The van der Waals surface area contributed by atoms with E-state index in [2.05, 4.69) is 23.8 Å². The summed E-state index contributed by atoms with van der Waals surface area (Å²) in [5.74, 6) is 1.67. The molecule has 4 nitrogen and oxygen atoms in total. The number of methoxy groups -OCH3 is 1. The van der Waals surface area contributed by atoms with Crippen molar-refractivity contribution in [2.45, 2.75) is 39.0 Å². The molecule has 1 aliphatic carbocycles. The van der Waals surface area contributed by atoms with Gasteiger partial charge in [-0.25, -0.2) is 0 Å². The minimum absolute atomic E-state index is 0.0376. The molecule has 0 bridgehead atoms. The standard InChI is InChI=1S/C21H28O4/c1-16-14-20(22)18(12-8-3-4-9-13-21(23)24-2)19(16)15-25-17-10-6-5-7-11-17/h3,5-8,10-11,16,18-19H,4,9,12-15H2,1-2H3/b8-3-/t16-,18-,19+/m1/s1. The maximum Gasteiger partial charge on any atom is 0.305 e. The number of ketones is 1. The van der Waals surface area contributed by atoms with Crippen LogP contribution in [0, 0.1) is 17.8 Å². The van der Waals surface area contributed by atoms with Gasteiger partial charge in [0.1, 0.15) is 11.5 Å². The fourth-order valence-electron chi connectivity index (χ4n) is 3.38. The Bertz CT molecular complexity index is 579. The lowest BCUT2D eigenvalue weighted by Crippen LogP contribution is -2.23. The molecule has 2 rings (SSSR count). The number of Topliss-reactive ketones (excluding diaryl/α,β-unsaturated/α-hetero) is 1. The highest BCUT2D eigenvalue weighted by Gasteiger charge is 2.39. The van der Waals surface area contributed by atoms with E-state index in [0.29, 0.717) is 31.1 Å². The van der Waals surface area contributed by atoms with Crippen LogP contribution in [-0.4, -0.2) is 25.5 Å². The predicted molar refractivity (Wildman–Crippen MR) is 97.3 cm³/mol. The Labute approximate surface area is 150 Å². The number of hydrogen-bond acceptors (Lipinski definition) is 4.